The minimum Gasteiger partial charge on any atom is -0.465 e. The minimum absolute atomic E-state index is 0.219. The number of methoxy groups -OCH3 is 1. The van der Waals surface area contributed by atoms with Crippen LogP contribution in [0, 0.1) is 0 Å². The highest BCUT2D eigenvalue weighted by molar-refractivity contribution is 7.80. The Hall–Kier alpha value is -2.33. The molecule has 29 heavy (non-hydrogen) atoms. The van der Waals surface area contributed by atoms with Crippen LogP contribution in [0.1, 0.15) is 40.1 Å². The molecule has 1 aromatic carbocycles. The second kappa shape index (κ2) is 9.00. The number of nitrogens with one attached hydrogen (secondary N) is 2. The summed E-state index contributed by atoms with van der Waals surface area (Å²) in [5.41, 5.74) is 2.00. The highest BCUT2D eigenvalue weighted by Gasteiger charge is 2.31. The Morgan fingerprint density at radius 3 is 2.45 bits per heavy atom. The number of thiophene rings is 1. The largest absolute Gasteiger partial charge is 0.573 e. The van der Waals surface area contributed by atoms with Gasteiger partial charge in [0.2, 0.25) is 0 Å². The maximum Gasteiger partial charge on any atom is 0.573 e. The Balaban J connectivity index is 1.73. The fourth-order valence-corrected chi connectivity index (χ4v) is 4.72. The first-order valence-corrected chi connectivity index (χ1v) is 10.2. The van der Waals surface area contributed by atoms with E-state index >= 15 is 0 Å². The molecule has 3 rings (SSSR count). The van der Waals surface area contributed by atoms with Crippen LogP contribution in [-0.4, -0.2) is 24.6 Å². The molecule has 0 spiro atoms. The molecule has 5 nitrogen and oxygen atoms in total. The van der Waals surface area contributed by atoms with E-state index in [2.05, 4.69) is 15.4 Å². The molecule has 1 aromatic heterocycles. The van der Waals surface area contributed by atoms with E-state index in [1.54, 1.807) is 0 Å². The summed E-state index contributed by atoms with van der Waals surface area (Å²) in [7, 11) is 1.34. The lowest BCUT2D eigenvalue weighted by Gasteiger charge is -2.12. The van der Waals surface area contributed by atoms with E-state index < -0.39 is 12.3 Å². The van der Waals surface area contributed by atoms with Crippen molar-refractivity contribution in [2.75, 3.05) is 17.7 Å². The van der Waals surface area contributed by atoms with E-state index in [9.17, 15) is 18.0 Å². The number of ether oxygens (including phenoxy) is 2. The molecular weight excluding hydrogens is 425 g/mol. The third-order valence-corrected chi connectivity index (χ3v) is 5.80. The van der Waals surface area contributed by atoms with Crippen molar-refractivity contribution < 1.29 is 27.4 Å². The Morgan fingerprint density at radius 2 is 1.79 bits per heavy atom. The molecule has 1 aliphatic carbocycles. The summed E-state index contributed by atoms with van der Waals surface area (Å²) >= 11 is 6.79. The van der Waals surface area contributed by atoms with Crippen molar-refractivity contribution in [3.05, 3.63) is 40.3 Å². The van der Waals surface area contributed by atoms with Crippen LogP contribution in [0.25, 0.3) is 0 Å². The molecule has 0 radical (unpaired) electrons. The standard InChI is InChI=1S/C19H19F3N2O3S2/c1-26-17(25)15-13-5-3-2-4-6-14(13)29-16(15)24-18(28)23-11-7-9-12(10-8-11)27-19(20,21)22/h7-10H,2-6H2,1H3,(H2,23,24,28). The summed E-state index contributed by atoms with van der Waals surface area (Å²) in [6, 6.07) is 5.21. The van der Waals surface area contributed by atoms with Crippen molar-refractivity contribution in [2.24, 2.45) is 0 Å². The van der Waals surface area contributed by atoms with E-state index in [0.717, 1.165) is 42.5 Å². The van der Waals surface area contributed by atoms with Crippen LogP contribution in [0.3, 0.4) is 0 Å². The molecule has 0 bridgehead atoms. The zero-order chi connectivity index (χ0) is 21.0. The van der Waals surface area contributed by atoms with E-state index in [1.165, 1.54) is 42.7 Å². The fraction of sp³-hybridized carbons (Fsp3) is 0.368. The molecule has 0 amide bonds. The van der Waals surface area contributed by atoms with Crippen LogP contribution in [0.2, 0.25) is 0 Å². The lowest BCUT2D eigenvalue weighted by molar-refractivity contribution is -0.274. The molecule has 1 aliphatic rings. The van der Waals surface area contributed by atoms with E-state index in [1.807, 2.05) is 0 Å². The number of carbonyl (C=O) groups is 1. The summed E-state index contributed by atoms with van der Waals surface area (Å²) in [6.07, 6.45) is 0.197. The van der Waals surface area contributed by atoms with Gasteiger partial charge in [-0.15, -0.1) is 24.5 Å². The highest BCUT2D eigenvalue weighted by atomic mass is 32.1. The molecule has 0 saturated carbocycles. The van der Waals surface area contributed by atoms with E-state index in [0.29, 0.717) is 16.3 Å². The molecule has 0 atom stereocenters. The third-order valence-electron chi connectivity index (χ3n) is 4.38. The van der Waals surface area contributed by atoms with Gasteiger partial charge in [0.15, 0.2) is 5.11 Å². The molecule has 0 aliphatic heterocycles. The quantitative estimate of drug-likeness (QED) is 0.368. The van der Waals surface area contributed by atoms with E-state index in [-0.39, 0.29) is 10.9 Å². The topological polar surface area (TPSA) is 59.6 Å². The number of thiocarbonyl (C=S) groups is 1. The molecule has 0 unspecified atom stereocenters. The van der Waals surface area contributed by atoms with Gasteiger partial charge in [-0.05, 0) is 67.7 Å². The van der Waals surface area contributed by atoms with E-state index in [4.69, 9.17) is 17.0 Å². The van der Waals surface area contributed by atoms with Crippen LogP contribution in [0.4, 0.5) is 23.9 Å². The molecule has 1 heterocycles. The number of rotatable bonds is 4. The predicted molar refractivity (Wildman–Crippen MR) is 110 cm³/mol. The maximum atomic E-state index is 12.3. The number of halogens is 3. The van der Waals surface area contributed by atoms with Crippen molar-refractivity contribution in [3.8, 4) is 5.75 Å². The van der Waals surface area contributed by atoms with Crippen molar-refractivity contribution in [1.82, 2.24) is 0 Å². The summed E-state index contributed by atoms with van der Waals surface area (Å²) < 4.78 is 45.5. The molecular formula is C19H19F3N2O3S2. The van der Waals surface area contributed by atoms with Crippen LogP contribution in [-0.2, 0) is 17.6 Å². The van der Waals surface area contributed by atoms with Gasteiger partial charge in [-0.1, -0.05) is 6.42 Å². The average molecular weight is 445 g/mol. The normalized spacial score (nSPS) is 13.8. The molecule has 0 fully saturated rings. The van der Waals surface area contributed by atoms with Crippen molar-refractivity contribution in [1.29, 1.82) is 0 Å². The minimum atomic E-state index is -4.74. The number of aryl methyl sites for hydroxylation is 1. The lowest BCUT2D eigenvalue weighted by atomic mass is 10.1. The maximum absolute atomic E-state index is 12.3. The van der Waals surface area contributed by atoms with Gasteiger partial charge >= 0.3 is 12.3 Å². The van der Waals surface area contributed by atoms with Crippen molar-refractivity contribution in [3.63, 3.8) is 0 Å². The molecule has 10 heteroatoms. The van der Waals surface area contributed by atoms with Gasteiger partial charge < -0.3 is 20.1 Å². The molecule has 2 aromatic rings. The van der Waals surface area contributed by atoms with Gasteiger partial charge in [-0.3, -0.25) is 0 Å². The number of alkyl halides is 3. The fourth-order valence-electron chi connectivity index (χ4n) is 3.15. The van der Waals surface area contributed by atoms with Crippen molar-refractivity contribution in [2.45, 2.75) is 38.5 Å². The first kappa shape index (κ1) is 21.4. The summed E-state index contributed by atoms with van der Waals surface area (Å²) in [5, 5.41) is 6.75. The SMILES string of the molecule is COC(=O)c1c(NC(=S)Nc2ccc(OC(F)(F)F)cc2)sc2c1CCCCC2. The molecule has 0 saturated heterocycles. The van der Waals surface area contributed by atoms with Crippen LogP contribution in [0.15, 0.2) is 24.3 Å². The average Bonchev–Trinajstić information content (AvgIpc) is 2.82. The summed E-state index contributed by atoms with van der Waals surface area (Å²) in [4.78, 5) is 13.5. The second-order valence-electron chi connectivity index (χ2n) is 6.41. The first-order valence-electron chi connectivity index (χ1n) is 8.93. The zero-order valence-electron chi connectivity index (χ0n) is 15.5. The predicted octanol–water partition coefficient (Wildman–Crippen LogP) is 5.51. The van der Waals surface area contributed by atoms with Gasteiger partial charge in [-0.2, -0.15) is 0 Å². The van der Waals surface area contributed by atoms with Gasteiger partial charge in [-0.25, -0.2) is 4.79 Å². The number of esters is 1. The van der Waals surface area contributed by atoms with Crippen molar-refractivity contribution >= 4 is 45.3 Å². The van der Waals surface area contributed by atoms with Gasteiger partial charge in [0, 0.05) is 10.6 Å². The molecule has 2 N–H and O–H groups in total. The molecule has 156 valence electrons. The van der Waals surface area contributed by atoms with Crippen LogP contribution in [0.5, 0.6) is 5.75 Å². The number of hydrogen-bond acceptors (Lipinski definition) is 5. The Kier molecular flexibility index (Phi) is 6.63. The van der Waals surface area contributed by atoms with Gasteiger partial charge in [0.1, 0.15) is 10.8 Å². The summed E-state index contributed by atoms with van der Waals surface area (Å²) in [6.45, 7) is 0. The smallest absolute Gasteiger partial charge is 0.465 e. The third kappa shape index (κ3) is 5.60. The Bertz CT molecular complexity index is 895. The second-order valence-corrected chi connectivity index (χ2v) is 7.92. The van der Waals surface area contributed by atoms with Gasteiger partial charge in [0.05, 0.1) is 12.7 Å². The number of benzene rings is 1. The number of fused-ring (bicyclic) bond motifs is 1. The zero-order valence-corrected chi connectivity index (χ0v) is 17.2. The monoisotopic (exact) mass is 444 g/mol. The highest BCUT2D eigenvalue weighted by Crippen LogP contribution is 2.38. The van der Waals surface area contributed by atoms with Gasteiger partial charge in [0.25, 0.3) is 0 Å². The Morgan fingerprint density at radius 1 is 1.10 bits per heavy atom. The number of hydrogen-bond donors (Lipinski definition) is 2. The Labute approximate surface area is 175 Å². The first-order chi connectivity index (χ1) is 13.8. The number of carbonyl (C=O) groups excluding carboxylic acids is 1. The summed E-state index contributed by atoms with van der Waals surface area (Å²) in [5.74, 6) is -0.736. The number of anilines is 2. The lowest BCUT2D eigenvalue weighted by Crippen LogP contribution is -2.20. The van der Waals surface area contributed by atoms with Crippen LogP contribution >= 0.6 is 23.6 Å². The van der Waals surface area contributed by atoms with Crippen LogP contribution < -0.4 is 15.4 Å².